The number of carboxylic acids is 1. The van der Waals surface area contributed by atoms with Crippen molar-refractivity contribution in [2.24, 2.45) is 0 Å². The molecule has 2 heterocycles. The van der Waals surface area contributed by atoms with Crippen molar-refractivity contribution < 1.29 is 14.7 Å². The summed E-state index contributed by atoms with van der Waals surface area (Å²) < 4.78 is 1.43. The van der Waals surface area contributed by atoms with Crippen molar-refractivity contribution >= 4 is 28.3 Å². The summed E-state index contributed by atoms with van der Waals surface area (Å²) >= 11 is 1.41. The average Bonchev–Trinajstić information content (AvgIpc) is 2.95. The van der Waals surface area contributed by atoms with Crippen LogP contribution in [0.1, 0.15) is 27.3 Å². The van der Waals surface area contributed by atoms with Gasteiger partial charge in [0.05, 0.1) is 30.4 Å². The van der Waals surface area contributed by atoms with Crippen LogP contribution in [0, 0.1) is 13.8 Å². The van der Waals surface area contributed by atoms with E-state index >= 15 is 0 Å². The normalized spacial score (nSPS) is 10.5. The quantitative estimate of drug-likeness (QED) is 0.874. The SMILES string of the molecule is Cc1nc(NC(=O)c2cnn(CCC(=O)O)c2)sc1C. The van der Waals surface area contributed by atoms with Crippen LogP contribution in [-0.2, 0) is 11.3 Å². The molecule has 0 spiro atoms. The Hall–Kier alpha value is -2.22. The number of rotatable bonds is 5. The van der Waals surface area contributed by atoms with E-state index in [0.29, 0.717) is 10.7 Å². The third kappa shape index (κ3) is 3.41. The number of aromatic nitrogens is 3. The molecule has 0 aliphatic rings. The van der Waals surface area contributed by atoms with Gasteiger partial charge in [-0.15, -0.1) is 11.3 Å². The van der Waals surface area contributed by atoms with Gasteiger partial charge in [0.15, 0.2) is 5.13 Å². The number of nitrogens with zero attached hydrogens (tertiary/aromatic N) is 3. The van der Waals surface area contributed by atoms with Gasteiger partial charge in [-0.1, -0.05) is 0 Å². The molecule has 2 aromatic heterocycles. The molecule has 1 amide bonds. The second kappa shape index (κ2) is 5.83. The number of anilines is 1. The van der Waals surface area contributed by atoms with E-state index in [1.54, 1.807) is 0 Å². The van der Waals surface area contributed by atoms with E-state index in [9.17, 15) is 9.59 Å². The zero-order valence-corrected chi connectivity index (χ0v) is 11.9. The highest BCUT2D eigenvalue weighted by Gasteiger charge is 2.12. The molecule has 0 aromatic carbocycles. The fraction of sp³-hybridized carbons (Fsp3) is 0.333. The van der Waals surface area contributed by atoms with Crippen LogP contribution in [0.4, 0.5) is 5.13 Å². The van der Waals surface area contributed by atoms with Crippen molar-refractivity contribution in [1.82, 2.24) is 14.8 Å². The highest BCUT2D eigenvalue weighted by atomic mass is 32.1. The summed E-state index contributed by atoms with van der Waals surface area (Å²) in [6.07, 6.45) is 2.89. The molecule has 2 aromatic rings. The summed E-state index contributed by atoms with van der Waals surface area (Å²) in [5.74, 6) is -1.21. The highest BCUT2D eigenvalue weighted by Crippen LogP contribution is 2.21. The molecular weight excluding hydrogens is 280 g/mol. The molecule has 8 heteroatoms. The van der Waals surface area contributed by atoms with Gasteiger partial charge in [-0.25, -0.2) is 4.98 Å². The average molecular weight is 294 g/mol. The van der Waals surface area contributed by atoms with Gasteiger partial charge >= 0.3 is 5.97 Å². The molecule has 0 bridgehead atoms. The number of aryl methyl sites for hydroxylation is 3. The second-order valence-electron chi connectivity index (χ2n) is 4.25. The predicted molar refractivity (Wildman–Crippen MR) is 74.0 cm³/mol. The molecule has 20 heavy (non-hydrogen) atoms. The van der Waals surface area contributed by atoms with E-state index in [-0.39, 0.29) is 18.9 Å². The largest absolute Gasteiger partial charge is 0.481 e. The van der Waals surface area contributed by atoms with E-state index in [0.717, 1.165) is 10.6 Å². The zero-order valence-electron chi connectivity index (χ0n) is 11.1. The number of aliphatic carboxylic acids is 1. The van der Waals surface area contributed by atoms with Gasteiger partial charge in [0, 0.05) is 11.1 Å². The zero-order chi connectivity index (χ0) is 14.7. The summed E-state index contributed by atoms with van der Waals surface area (Å²) in [4.78, 5) is 27.7. The predicted octanol–water partition coefficient (Wildman–Crippen LogP) is 1.68. The monoisotopic (exact) mass is 294 g/mol. The topological polar surface area (TPSA) is 97.1 Å². The molecule has 0 fully saturated rings. The minimum absolute atomic E-state index is 0.0341. The number of hydrogen-bond donors (Lipinski definition) is 2. The maximum atomic E-state index is 12.0. The Bertz CT molecular complexity index is 627. The number of carbonyl (C=O) groups excluding carboxylic acids is 1. The van der Waals surface area contributed by atoms with Gasteiger partial charge in [-0.2, -0.15) is 5.10 Å². The van der Waals surface area contributed by atoms with Gasteiger partial charge in [-0.05, 0) is 13.8 Å². The molecule has 0 radical (unpaired) electrons. The molecule has 0 aliphatic carbocycles. The minimum Gasteiger partial charge on any atom is -0.481 e. The molecule has 2 rings (SSSR count). The lowest BCUT2D eigenvalue weighted by atomic mass is 10.3. The molecule has 0 saturated heterocycles. The van der Waals surface area contributed by atoms with Gasteiger partial charge in [0.25, 0.3) is 5.91 Å². The summed E-state index contributed by atoms with van der Waals surface area (Å²) in [5.41, 5.74) is 1.27. The number of hydrogen-bond acceptors (Lipinski definition) is 5. The first kappa shape index (κ1) is 14.2. The van der Waals surface area contributed by atoms with Crippen molar-refractivity contribution in [2.45, 2.75) is 26.8 Å². The van der Waals surface area contributed by atoms with Crippen molar-refractivity contribution in [3.63, 3.8) is 0 Å². The van der Waals surface area contributed by atoms with Crippen molar-refractivity contribution in [1.29, 1.82) is 0 Å². The molecule has 0 aliphatic heterocycles. The fourth-order valence-electron chi connectivity index (χ4n) is 1.51. The molecular formula is C12H14N4O3S. The minimum atomic E-state index is -0.903. The Morgan fingerprint density at radius 2 is 2.20 bits per heavy atom. The maximum Gasteiger partial charge on any atom is 0.305 e. The Morgan fingerprint density at radius 3 is 2.80 bits per heavy atom. The van der Waals surface area contributed by atoms with E-state index in [1.165, 1.54) is 28.4 Å². The Morgan fingerprint density at radius 1 is 1.45 bits per heavy atom. The second-order valence-corrected chi connectivity index (χ2v) is 5.45. The summed E-state index contributed by atoms with van der Waals surface area (Å²) in [7, 11) is 0. The van der Waals surface area contributed by atoms with E-state index < -0.39 is 5.97 Å². The number of carboxylic acid groups (broad SMARTS) is 1. The maximum absolute atomic E-state index is 12.0. The van der Waals surface area contributed by atoms with Crippen molar-refractivity contribution in [2.75, 3.05) is 5.32 Å². The molecule has 0 saturated carbocycles. The lowest BCUT2D eigenvalue weighted by molar-refractivity contribution is -0.137. The molecule has 106 valence electrons. The lowest BCUT2D eigenvalue weighted by Crippen LogP contribution is -2.11. The first-order chi connectivity index (χ1) is 9.45. The van der Waals surface area contributed by atoms with Crippen LogP contribution in [-0.4, -0.2) is 31.7 Å². The van der Waals surface area contributed by atoms with Crippen LogP contribution in [0.3, 0.4) is 0 Å². The Balaban J connectivity index is 2.00. The number of amides is 1. The van der Waals surface area contributed by atoms with Crippen molar-refractivity contribution in [3.05, 3.63) is 28.5 Å². The highest BCUT2D eigenvalue weighted by molar-refractivity contribution is 7.15. The lowest BCUT2D eigenvalue weighted by Gasteiger charge is -1.98. The first-order valence-electron chi connectivity index (χ1n) is 5.95. The summed E-state index contributed by atoms with van der Waals surface area (Å²) in [5, 5.41) is 15.8. The van der Waals surface area contributed by atoms with Gasteiger partial charge in [0.1, 0.15) is 0 Å². The smallest absolute Gasteiger partial charge is 0.305 e. The Kier molecular flexibility index (Phi) is 4.14. The standard InChI is InChI=1S/C12H14N4O3S/c1-7-8(2)20-12(14-7)15-11(19)9-5-13-16(6-9)4-3-10(17)18/h5-6H,3-4H2,1-2H3,(H,17,18)(H,14,15,19). The number of nitrogens with one attached hydrogen (secondary N) is 1. The number of thiazole rings is 1. The van der Waals surface area contributed by atoms with Gasteiger partial charge in [-0.3, -0.25) is 19.6 Å². The fourth-order valence-corrected chi connectivity index (χ4v) is 2.32. The number of carbonyl (C=O) groups is 2. The van der Waals surface area contributed by atoms with Crippen LogP contribution in [0.25, 0.3) is 0 Å². The third-order valence-corrected chi connectivity index (χ3v) is 3.69. The molecule has 0 atom stereocenters. The van der Waals surface area contributed by atoms with E-state index in [4.69, 9.17) is 5.11 Å². The van der Waals surface area contributed by atoms with Crippen LogP contribution in [0.15, 0.2) is 12.4 Å². The summed E-state index contributed by atoms with van der Waals surface area (Å²) in [6.45, 7) is 4.05. The van der Waals surface area contributed by atoms with Gasteiger partial charge in [0.2, 0.25) is 0 Å². The van der Waals surface area contributed by atoms with Crippen molar-refractivity contribution in [3.8, 4) is 0 Å². The Labute approximate surface area is 119 Å². The van der Waals surface area contributed by atoms with Crippen LogP contribution in [0.2, 0.25) is 0 Å². The first-order valence-corrected chi connectivity index (χ1v) is 6.77. The van der Waals surface area contributed by atoms with E-state index in [1.807, 2.05) is 13.8 Å². The van der Waals surface area contributed by atoms with Gasteiger partial charge < -0.3 is 5.11 Å². The summed E-state index contributed by atoms with van der Waals surface area (Å²) in [6, 6.07) is 0. The van der Waals surface area contributed by atoms with Crippen LogP contribution in [0.5, 0.6) is 0 Å². The molecule has 7 nitrogen and oxygen atoms in total. The molecule has 0 unspecified atom stereocenters. The molecule has 2 N–H and O–H groups in total. The van der Waals surface area contributed by atoms with Crippen LogP contribution < -0.4 is 5.32 Å². The van der Waals surface area contributed by atoms with Crippen LogP contribution >= 0.6 is 11.3 Å². The third-order valence-electron chi connectivity index (χ3n) is 2.70. The van der Waals surface area contributed by atoms with E-state index in [2.05, 4.69) is 15.4 Å².